The number of hydrogen-bond donors (Lipinski definition) is 0. The maximum Gasteiger partial charge on any atom is 0.178 e. The third-order valence-electron chi connectivity index (χ3n) is 2.37. The summed E-state index contributed by atoms with van der Waals surface area (Å²) in [5, 5.41) is 2.66. The van der Waals surface area contributed by atoms with Gasteiger partial charge in [-0.2, -0.15) is 0 Å². The molecular formula is C12H10ClNO3S. The van der Waals surface area contributed by atoms with Crippen LogP contribution in [0.2, 0.25) is 5.02 Å². The molecule has 1 aromatic heterocycles. The minimum absolute atomic E-state index is 0.416. The normalized spacial score (nSPS) is 10.2. The predicted molar refractivity (Wildman–Crippen MR) is 71.1 cm³/mol. The van der Waals surface area contributed by atoms with Gasteiger partial charge in [-0.3, -0.25) is 4.79 Å². The molecule has 0 bridgehead atoms. The molecule has 1 heterocycles. The van der Waals surface area contributed by atoms with Crippen LogP contribution in [-0.2, 0) is 0 Å². The van der Waals surface area contributed by atoms with Crippen LogP contribution in [0.4, 0.5) is 0 Å². The number of thiazole rings is 1. The maximum absolute atomic E-state index is 10.6. The van der Waals surface area contributed by atoms with E-state index in [1.165, 1.54) is 18.4 Å². The van der Waals surface area contributed by atoms with Crippen LogP contribution < -0.4 is 9.47 Å². The van der Waals surface area contributed by atoms with Gasteiger partial charge in [-0.25, -0.2) is 4.98 Å². The molecule has 18 heavy (non-hydrogen) atoms. The van der Waals surface area contributed by atoms with E-state index < -0.39 is 0 Å². The Morgan fingerprint density at radius 2 is 2.00 bits per heavy atom. The molecule has 0 saturated heterocycles. The van der Waals surface area contributed by atoms with Gasteiger partial charge in [0, 0.05) is 17.0 Å². The van der Waals surface area contributed by atoms with Crippen molar-refractivity contribution in [3.63, 3.8) is 0 Å². The molecule has 0 amide bonds. The van der Waals surface area contributed by atoms with Crippen LogP contribution in [0, 0.1) is 0 Å². The third-order valence-corrected chi connectivity index (χ3v) is 3.44. The van der Waals surface area contributed by atoms with Crippen LogP contribution in [0.25, 0.3) is 11.3 Å². The summed E-state index contributed by atoms with van der Waals surface area (Å²) in [4.78, 5) is 14.8. The minimum Gasteiger partial charge on any atom is -0.496 e. The van der Waals surface area contributed by atoms with Gasteiger partial charge in [-0.1, -0.05) is 11.6 Å². The predicted octanol–water partition coefficient (Wildman–Crippen LogP) is 3.29. The Hall–Kier alpha value is -1.59. The number of aldehydes is 1. The summed E-state index contributed by atoms with van der Waals surface area (Å²) in [7, 11) is 3.09. The molecule has 0 unspecified atom stereocenters. The molecule has 0 aliphatic rings. The van der Waals surface area contributed by atoms with Crippen LogP contribution in [0.5, 0.6) is 11.5 Å². The third kappa shape index (κ3) is 2.32. The van der Waals surface area contributed by atoms with Crippen molar-refractivity contribution in [2.45, 2.75) is 0 Å². The molecule has 2 aromatic rings. The Balaban J connectivity index is 2.55. The van der Waals surface area contributed by atoms with E-state index in [-0.39, 0.29) is 0 Å². The highest BCUT2D eigenvalue weighted by Crippen LogP contribution is 2.38. The summed E-state index contributed by atoms with van der Waals surface area (Å²) in [6, 6.07) is 3.40. The number of ether oxygens (including phenoxy) is 2. The minimum atomic E-state index is 0.416. The molecule has 0 spiro atoms. The Labute approximate surface area is 113 Å². The van der Waals surface area contributed by atoms with Crippen molar-refractivity contribution in [3.05, 3.63) is 27.5 Å². The zero-order valence-corrected chi connectivity index (χ0v) is 11.3. The van der Waals surface area contributed by atoms with E-state index in [4.69, 9.17) is 21.1 Å². The first-order valence-electron chi connectivity index (χ1n) is 5.02. The highest BCUT2D eigenvalue weighted by molar-refractivity contribution is 7.11. The summed E-state index contributed by atoms with van der Waals surface area (Å²) in [5.41, 5.74) is 1.39. The highest BCUT2D eigenvalue weighted by Gasteiger charge is 2.14. The number of rotatable bonds is 4. The highest BCUT2D eigenvalue weighted by atomic mass is 35.5. The fraction of sp³-hybridized carbons (Fsp3) is 0.167. The molecule has 6 heteroatoms. The van der Waals surface area contributed by atoms with Gasteiger partial charge in [0.1, 0.15) is 11.5 Å². The van der Waals surface area contributed by atoms with Crippen LogP contribution >= 0.6 is 22.9 Å². The van der Waals surface area contributed by atoms with Crippen LogP contribution in [0.3, 0.4) is 0 Å². The van der Waals surface area contributed by atoms with E-state index in [0.717, 1.165) is 5.56 Å². The Morgan fingerprint density at radius 1 is 1.28 bits per heavy atom. The standard InChI is InChI=1S/C12H10ClNO3S/c1-16-10-4-11(17-2)8(13)3-7(10)9-6-18-12(5-15)14-9/h3-6H,1-2H3. The molecule has 0 saturated carbocycles. The number of halogens is 1. The molecule has 0 N–H and O–H groups in total. The van der Waals surface area contributed by atoms with Crippen LogP contribution in [-0.4, -0.2) is 25.5 Å². The van der Waals surface area contributed by atoms with Gasteiger partial charge in [0.25, 0.3) is 0 Å². The molecule has 0 aliphatic heterocycles. The van der Waals surface area contributed by atoms with Gasteiger partial charge in [-0.05, 0) is 6.07 Å². The summed E-state index contributed by atoms with van der Waals surface area (Å²) >= 11 is 7.34. The Kier molecular flexibility index (Phi) is 3.84. The second-order valence-corrected chi connectivity index (χ2v) is 4.67. The van der Waals surface area contributed by atoms with Crippen molar-refractivity contribution >= 4 is 29.2 Å². The number of methoxy groups -OCH3 is 2. The van der Waals surface area contributed by atoms with Gasteiger partial charge >= 0.3 is 0 Å². The lowest BCUT2D eigenvalue weighted by atomic mass is 10.1. The topological polar surface area (TPSA) is 48.4 Å². The maximum atomic E-state index is 10.6. The van der Waals surface area contributed by atoms with Crippen molar-refractivity contribution < 1.29 is 14.3 Å². The monoisotopic (exact) mass is 283 g/mol. The quantitative estimate of drug-likeness (QED) is 0.808. The van der Waals surface area contributed by atoms with Gasteiger partial charge in [0.05, 0.1) is 24.9 Å². The first kappa shape index (κ1) is 12.9. The Morgan fingerprint density at radius 3 is 2.56 bits per heavy atom. The van der Waals surface area contributed by atoms with E-state index in [0.29, 0.717) is 33.5 Å². The number of carbonyl (C=O) groups excluding carboxylic acids is 1. The van der Waals surface area contributed by atoms with E-state index in [2.05, 4.69) is 4.98 Å². The summed E-state index contributed by atoms with van der Waals surface area (Å²) in [6.45, 7) is 0. The second kappa shape index (κ2) is 5.37. The fourth-order valence-corrected chi connectivity index (χ4v) is 2.39. The molecule has 0 fully saturated rings. The fourth-order valence-electron chi connectivity index (χ4n) is 1.53. The average molecular weight is 284 g/mol. The number of hydrogen-bond acceptors (Lipinski definition) is 5. The van der Waals surface area contributed by atoms with E-state index in [1.807, 2.05) is 0 Å². The van der Waals surface area contributed by atoms with Crippen molar-refractivity contribution in [1.29, 1.82) is 0 Å². The number of aromatic nitrogens is 1. The van der Waals surface area contributed by atoms with E-state index in [9.17, 15) is 4.79 Å². The lowest BCUT2D eigenvalue weighted by molar-refractivity contribution is 0.112. The smallest absolute Gasteiger partial charge is 0.178 e. The van der Waals surface area contributed by atoms with Crippen LogP contribution in [0.1, 0.15) is 9.80 Å². The molecule has 0 atom stereocenters. The zero-order valence-electron chi connectivity index (χ0n) is 9.77. The van der Waals surface area contributed by atoms with E-state index >= 15 is 0 Å². The van der Waals surface area contributed by atoms with Crippen LogP contribution in [0.15, 0.2) is 17.5 Å². The SMILES string of the molecule is COc1cc(OC)c(-c2csc(C=O)n2)cc1Cl. The van der Waals surface area contributed by atoms with Crippen molar-refractivity contribution in [3.8, 4) is 22.8 Å². The molecular weight excluding hydrogens is 274 g/mol. The summed E-state index contributed by atoms with van der Waals surface area (Å²) < 4.78 is 10.4. The lowest BCUT2D eigenvalue weighted by Crippen LogP contribution is -1.92. The largest absolute Gasteiger partial charge is 0.496 e. The first-order chi connectivity index (χ1) is 8.69. The number of benzene rings is 1. The molecule has 2 rings (SSSR count). The van der Waals surface area contributed by atoms with Crippen molar-refractivity contribution in [1.82, 2.24) is 4.98 Å². The lowest BCUT2D eigenvalue weighted by Gasteiger charge is -2.10. The molecule has 1 aromatic carbocycles. The summed E-state index contributed by atoms with van der Waals surface area (Å²) in [5.74, 6) is 1.13. The van der Waals surface area contributed by atoms with Crippen molar-refractivity contribution in [2.24, 2.45) is 0 Å². The number of carbonyl (C=O) groups is 1. The van der Waals surface area contributed by atoms with Gasteiger partial charge in [-0.15, -0.1) is 11.3 Å². The molecule has 0 radical (unpaired) electrons. The van der Waals surface area contributed by atoms with Gasteiger partial charge in [0.2, 0.25) is 0 Å². The second-order valence-electron chi connectivity index (χ2n) is 3.38. The van der Waals surface area contributed by atoms with Gasteiger partial charge < -0.3 is 9.47 Å². The molecule has 94 valence electrons. The number of nitrogens with zero attached hydrogens (tertiary/aromatic N) is 1. The average Bonchev–Trinajstić information content (AvgIpc) is 2.87. The van der Waals surface area contributed by atoms with E-state index in [1.54, 1.807) is 24.6 Å². The molecule has 4 nitrogen and oxygen atoms in total. The first-order valence-corrected chi connectivity index (χ1v) is 6.28. The zero-order chi connectivity index (χ0) is 13.1. The van der Waals surface area contributed by atoms with Crippen molar-refractivity contribution in [2.75, 3.05) is 14.2 Å². The Bertz CT molecular complexity index is 583. The molecule has 0 aliphatic carbocycles. The summed E-state index contributed by atoms with van der Waals surface area (Å²) in [6.07, 6.45) is 0.714. The van der Waals surface area contributed by atoms with Gasteiger partial charge in [0.15, 0.2) is 11.3 Å².